The van der Waals surface area contributed by atoms with Crippen molar-refractivity contribution in [2.75, 3.05) is 26.1 Å². The summed E-state index contributed by atoms with van der Waals surface area (Å²) in [4.78, 5) is 26.7. The van der Waals surface area contributed by atoms with Crippen molar-refractivity contribution >= 4 is 17.6 Å². The molecule has 0 aliphatic heterocycles. The number of carbonyl (C=O) groups excluding carboxylic acids is 2. The maximum Gasteiger partial charge on any atom is 0.417 e. The Morgan fingerprint density at radius 3 is 2.19 bits per heavy atom. The molecule has 0 aliphatic carbocycles. The number of urea groups is 1. The Morgan fingerprint density at radius 2 is 1.67 bits per heavy atom. The molecule has 0 radical (unpaired) electrons. The SMILES string of the molecule is COc1cc(C(F)(F)F)c(C(=O)N(C)C(=O)N(C)c2ccccc2)cc1O. The van der Waals surface area contributed by atoms with Gasteiger partial charge in [-0.1, -0.05) is 18.2 Å². The summed E-state index contributed by atoms with van der Waals surface area (Å²) in [5, 5.41) is 9.78. The third kappa shape index (κ3) is 4.13. The smallest absolute Gasteiger partial charge is 0.417 e. The van der Waals surface area contributed by atoms with E-state index in [1.54, 1.807) is 30.3 Å². The number of ether oxygens (including phenoxy) is 1. The number of phenols is 1. The number of benzene rings is 2. The Kier molecular flexibility index (Phi) is 5.63. The second-order valence-corrected chi connectivity index (χ2v) is 5.61. The van der Waals surface area contributed by atoms with E-state index in [1.165, 1.54) is 7.05 Å². The lowest BCUT2D eigenvalue weighted by Crippen LogP contribution is -2.42. The highest BCUT2D eigenvalue weighted by molar-refractivity contribution is 6.09. The van der Waals surface area contributed by atoms with Gasteiger partial charge in [0.15, 0.2) is 11.5 Å². The monoisotopic (exact) mass is 382 g/mol. The van der Waals surface area contributed by atoms with Crippen LogP contribution in [0.5, 0.6) is 11.5 Å². The van der Waals surface area contributed by atoms with Gasteiger partial charge in [-0.15, -0.1) is 0 Å². The first-order valence-corrected chi connectivity index (χ1v) is 7.67. The number of hydrogen-bond acceptors (Lipinski definition) is 4. The largest absolute Gasteiger partial charge is 0.504 e. The molecule has 2 aromatic carbocycles. The van der Waals surface area contributed by atoms with Crippen molar-refractivity contribution in [1.29, 1.82) is 0 Å². The highest BCUT2D eigenvalue weighted by atomic mass is 19.4. The zero-order chi connectivity index (χ0) is 20.4. The highest BCUT2D eigenvalue weighted by Crippen LogP contribution is 2.39. The molecule has 0 atom stereocenters. The molecule has 0 spiro atoms. The van der Waals surface area contributed by atoms with Gasteiger partial charge >= 0.3 is 12.2 Å². The first kappa shape index (κ1) is 20.1. The molecule has 0 heterocycles. The average molecular weight is 382 g/mol. The van der Waals surface area contributed by atoms with E-state index in [9.17, 15) is 27.9 Å². The summed E-state index contributed by atoms with van der Waals surface area (Å²) in [6.45, 7) is 0. The quantitative estimate of drug-likeness (QED) is 0.878. The summed E-state index contributed by atoms with van der Waals surface area (Å²) in [6.07, 6.45) is -4.89. The summed E-state index contributed by atoms with van der Waals surface area (Å²) < 4.78 is 44.7. The topological polar surface area (TPSA) is 70.1 Å². The van der Waals surface area contributed by atoms with Crippen molar-refractivity contribution in [2.45, 2.75) is 6.18 Å². The molecule has 6 nitrogen and oxygen atoms in total. The van der Waals surface area contributed by atoms with Crippen LogP contribution in [0.15, 0.2) is 42.5 Å². The molecule has 0 fully saturated rings. The molecule has 0 bridgehead atoms. The van der Waals surface area contributed by atoms with Crippen molar-refractivity contribution in [3.63, 3.8) is 0 Å². The van der Waals surface area contributed by atoms with E-state index in [-0.39, 0.29) is 0 Å². The Bertz CT molecular complexity index is 854. The third-order valence-electron chi connectivity index (χ3n) is 3.88. The van der Waals surface area contributed by atoms with Gasteiger partial charge in [-0.3, -0.25) is 14.6 Å². The second-order valence-electron chi connectivity index (χ2n) is 5.61. The van der Waals surface area contributed by atoms with Gasteiger partial charge in [0.05, 0.1) is 18.2 Å². The van der Waals surface area contributed by atoms with Crippen LogP contribution in [0.2, 0.25) is 0 Å². The molecule has 0 aromatic heterocycles. The van der Waals surface area contributed by atoms with Crippen molar-refractivity contribution in [1.82, 2.24) is 4.90 Å². The predicted molar refractivity (Wildman–Crippen MR) is 92.0 cm³/mol. The molecule has 2 rings (SSSR count). The second kappa shape index (κ2) is 7.56. The summed E-state index contributed by atoms with van der Waals surface area (Å²) in [7, 11) is 3.53. The maximum absolute atomic E-state index is 13.3. The first-order valence-electron chi connectivity index (χ1n) is 7.67. The number of carbonyl (C=O) groups is 2. The lowest BCUT2D eigenvalue weighted by atomic mass is 10.0. The van der Waals surface area contributed by atoms with Crippen molar-refractivity contribution in [2.24, 2.45) is 0 Å². The van der Waals surface area contributed by atoms with E-state index in [4.69, 9.17) is 0 Å². The van der Waals surface area contributed by atoms with Crippen LogP contribution in [0.4, 0.5) is 23.7 Å². The maximum atomic E-state index is 13.3. The summed E-state index contributed by atoms with van der Waals surface area (Å²) in [5.74, 6) is -2.30. The minimum Gasteiger partial charge on any atom is -0.504 e. The fourth-order valence-electron chi connectivity index (χ4n) is 2.40. The van der Waals surface area contributed by atoms with Crippen LogP contribution in [0.3, 0.4) is 0 Å². The average Bonchev–Trinajstić information content (AvgIpc) is 2.65. The number of alkyl halides is 3. The van der Waals surface area contributed by atoms with Crippen LogP contribution in [-0.2, 0) is 6.18 Å². The molecule has 1 N–H and O–H groups in total. The normalized spacial score (nSPS) is 11.0. The van der Waals surface area contributed by atoms with Gasteiger partial charge in [0.2, 0.25) is 0 Å². The summed E-state index contributed by atoms with van der Waals surface area (Å²) >= 11 is 0. The van der Waals surface area contributed by atoms with Crippen molar-refractivity contribution < 1.29 is 32.6 Å². The van der Waals surface area contributed by atoms with Crippen LogP contribution in [-0.4, -0.2) is 43.1 Å². The first-order chi connectivity index (χ1) is 12.6. The molecule has 0 saturated heterocycles. The van der Waals surface area contributed by atoms with Crippen LogP contribution in [0, 0.1) is 0 Å². The zero-order valence-electron chi connectivity index (χ0n) is 14.7. The number of rotatable bonds is 3. The molecular weight excluding hydrogens is 365 g/mol. The minimum absolute atomic E-state index is 0.436. The van der Waals surface area contributed by atoms with Crippen LogP contribution in [0.1, 0.15) is 15.9 Å². The summed E-state index contributed by atoms with van der Waals surface area (Å²) in [6, 6.07) is 8.60. The molecular formula is C18H17F3N2O4. The van der Waals surface area contributed by atoms with E-state index in [1.807, 2.05) is 0 Å². The van der Waals surface area contributed by atoms with Crippen LogP contribution >= 0.6 is 0 Å². The van der Waals surface area contributed by atoms with E-state index in [2.05, 4.69) is 4.74 Å². The lowest BCUT2D eigenvalue weighted by Gasteiger charge is -2.25. The van der Waals surface area contributed by atoms with Gasteiger partial charge < -0.3 is 9.84 Å². The van der Waals surface area contributed by atoms with E-state index in [0.717, 1.165) is 19.1 Å². The predicted octanol–water partition coefficient (Wildman–Crippen LogP) is 3.75. The third-order valence-corrected chi connectivity index (χ3v) is 3.88. The van der Waals surface area contributed by atoms with Crippen molar-refractivity contribution in [3.8, 4) is 11.5 Å². The van der Waals surface area contributed by atoms with Gasteiger partial charge in [0.1, 0.15) is 0 Å². The highest BCUT2D eigenvalue weighted by Gasteiger charge is 2.38. The minimum atomic E-state index is -4.89. The number of amides is 3. The number of anilines is 1. The fraction of sp³-hybridized carbons (Fsp3) is 0.222. The van der Waals surface area contributed by atoms with Crippen molar-refractivity contribution in [3.05, 3.63) is 53.6 Å². The molecule has 144 valence electrons. The Balaban J connectivity index is 2.41. The van der Waals surface area contributed by atoms with Crippen LogP contribution in [0.25, 0.3) is 0 Å². The number of hydrogen-bond donors (Lipinski definition) is 1. The zero-order valence-corrected chi connectivity index (χ0v) is 14.7. The Hall–Kier alpha value is -3.23. The number of para-hydroxylation sites is 1. The van der Waals surface area contributed by atoms with E-state index in [0.29, 0.717) is 22.7 Å². The fourth-order valence-corrected chi connectivity index (χ4v) is 2.40. The molecule has 3 amide bonds. The van der Waals surface area contributed by atoms with Gasteiger partial charge in [0, 0.05) is 19.8 Å². The molecule has 0 unspecified atom stereocenters. The lowest BCUT2D eigenvalue weighted by molar-refractivity contribution is -0.138. The van der Waals surface area contributed by atoms with Crippen LogP contribution < -0.4 is 9.64 Å². The molecule has 27 heavy (non-hydrogen) atoms. The van der Waals surface area contributed by atoms with E-state index >= 15 is 0 Å². The number of halogens is 3. The molecule has 2 aromatic rings. The van der Waals surface area contributed by atoms with E-state index < -0.39 is 40.7 Å². The van der Waals surface area contributed by atoms with Gasteiger partial charge in [-0.25, -0.2) is 4.79 Å². The van der Waals surface area contributed by atoms with Gasteiger partial charge in [-0.2, -0.15) is 13.2 Å². The molecule has 0 aliphatic rings. The number of imide groups is 1. The Morgan fingerprint density at radius 1 is 1.07 bits per heavy atom. The molecule has 9 heteroatoms. The number of nitrogens with zero attached hydrogens (tertiary/aromatic N) is 2. The van der Waals surface area contributed by atoms with Gasteiger partial charge in [0.25, 0.3) is 5.91 Å². The number of phenolic OH excluding ortho intramolecular Hbond substituents is 1. The standard InChI is InChI=1S/C18H17F3N2O4/c1-22(11-7-5-4-6-8-11)17(26)23(2)16(25)12-9-14(24)15(27-3)10-13(12)18(19,20)21/h4-10,24H,1-3H3. The Labute approximate surface area is 153 Å². The number of methoxy groups -OCH3 is 1. The number of aromatic hydroxyl groups is 1. The van der Waals surface area contributed by atoms with Gasteiger partial charge in [-0.05, 0) is 24.3 Å². The summed E-state index contributed by atoms with van der Waals surface area (Å²) in [5.41, 5.74) is -1.72. The molecule has 0 saturated carbocycles.